The van der Waals surface area contributed by atoms with Gasteiger partial charge in [0.1, 0.15) is 0 Å². The third kappa shape index (κ3) is 4.93. The molecule has 1 aromatic heterocycles. The Balaban J connectivity index is 2.08. The maximum Gasteiger partial charge on any atom is 0.319 e. The molecular formula is C11H19N3O2. The predicted octanol–water partition coefficient (Wildman–Crippen LogP) is 0.853. The van der Waals surface area contributed by atoms with Crippen molar-refractivity contribution in [3.63, 3.8) is 0 Å². The second kappa shape index (κ2) is 7.00. The van der Waals surface area contributed by atoms with E-state index in [-0.39, 0.29) is 12.5 Å². The van der Waals surface area contributed by atoms with Crippen LogP contribution in [0.5, 0.6) is 0 Å². The number of carbonyl (C=O) groups excluding carboxylic acids is 1. The molecule has 0 aliphatic heterocycles. The van der Waals surface area contributed by atoms with Crippen LogP contribution >= 0.6 is 0 Å². The maximum atomic E-state index is 11.2. The predicted molar refractivity (Wildman–Crippen MR) is 60.8 cm³/mol. The van der Waals surface area contributed by atoms with Crippen LogP contribution in [0.25, 0.3) is 0 Å². The average Bonchev–Trinajstić information content (AvgIpc) is 2.65. The van der Waals surface area contributed by atoms with E-state index in [0.717, 1.165) is 18.5 Å². The number of rotatable bonds is 7. The lowest BCUT2D eigenvalue weighted by molar-refractivity contribution is -0.142. The largest absolute Gasteiger partial charge is 0.465 e. The average molecular weight is 225 g/mol. The van der Waals surface area contributed by atoms with Gasteiger partial charge >= 0.3 is 5.97 Å². The Labute approximate surface area is 95.8 Å². The SMILES string of the molecule is CCCCOC(=O)CNCc1ccn(C)n1. The van der Waals surface area contributed by atoms with Crippen LogP contribution in [0.3, 0.4) is 0 Å². The minimum Gasteiger partial charge on any atom is -0.465 e. The molecule has 0 aliphatic rings. The van der Waals surface area contributed by atoms with E-state index in [1.807, 2.05) is 19.3 Å². The summed E-state index contributed by atoms with van der Waals surface area (Å²) < 4.78 is 6.73. The van der Waals surface area contributed by atoms with Crippen molar-refractivity contribution < 1.29 is 9.53 Å². The van der Waals surface area contributed by atoms with E-state index in [1.54, 1.807) is 4.68 Å². The second-order valence-corrected chi connectivity index (χ2v) is 3.66. The summed E-state index contributed by atoms with van der Waals surface area (Å²) >= 11 is 0. The van der Waals surface area contributed by atoms with E-state index in [0.29, 0.717) is 13.2 Å². The number of unbranched alkanes of at least 4 members (excludes halogenated alkanes) is 1. The van der Waals surface area contributed by atoms with Crippen LogP contribution in [0.1, 0.15) is 25.5 Å². The molecule has 0 fully saturated rings. The Morgan fingerprint density at radius 1 is 1.62 bits per heavy atom. The number of aryl methyl sites for hydroxylation is 1. The quantitative estimate of drug-likeness (QED) is 0.552. The first-order valence-electron chi connectivity index (χ1n) is 5.57. The molecule has 0 amide bonds. The van der Waals surface area contributed by atoms with Gasteiger partial charge in [0.2, 0.25) is 0 Å². The fourth-order valence-electron chi connectivity index (χ4n) is 1.23. The lowest BCUT2D eigenvalue weighted by Crippen LogP contribution is -2.24. The summed E-state index contributed by atoms with van der Waals surface area (Å²) in [6, 6.07) is 1.91. The summed E-state index contributed by atoms with van der Waals surface area (Å²) in [5, 5.41) is 7.18. The molecule has 5 nitrogen and oxygen atoms in total. The first-order valence-corrected chi connectivity index (χ1v) is 5.57. The highest BCUT2D eigenvalue weighted by Gasteiger charge is 2.02. The first-order chi connectivity index (χ1) is 7.72. The van der Waals surface area contributed by atoms with E-state index in [1.165, 1.54) is 0 Å². The molecule has 1 N–H and O–H groups in total. The van der Waals surface area contributed by atoms with E-state index >= 15 is 0 Å². The van der Waals surface area contributed by atoms with E-state index in [4.69, 9.17) is 4.74 Å². The molecule has 1 heterocycles. The Kier molecular flexibility index (Phi) is 5.56. The summed E-state index contributed by atoms with van der Waals surface area (Å²) in [6.45, 7) is 3.40. The van der Waals surface area contributed by atoms with Gasteiger partial charge in [0, 0.05) is 19.8 Å². The van der Waals surface area contributed by atoms with Crippen molar-refractivity contribution in [3.05, 3.63) is 18.0 Å². The minimum atomic E-state index is -0.204. The molecule has 0 bridgehead atoms. The highest BCUT2D eigenvalue weighted by molar-refractivity contribution is 5.71. The van der Waals surface area contributed by atoms with E-state index in [2.05, 4.69) is 17.3 Å². The fraction of sp³-hybridized carbons (Fsp3) is 0.636. The van der Waals surface area contributed by atoms with E-state index in [9.17, 15) is 4.79 Å². The molecule has 0 unspecified atom stereocenters. The van der Waals surface area contributed by atoms with Gasteiger partial charge in [0.25, 0.3) is 0 Å². The van der Waals surface area contributed by atoms with Crippen LogP contribution in [0.2, 0.25) is 0 Å². The van der Waals surface area contributed by atoms with Crippen molar-refractivity contribution in [1.29, 1.82) is 0 Å². The summed E-state index contributed by atoms with van der Waals surface area (Å²) in [4.78, 5) is 11.2. The van der Waals surface area contributed by atoms with Crippen LogP contribution < -0.4 is 5.32 Å². The fourth-order valence-corrected chi connectivity index (χ4v) is 1.23. The van der Waals surface area contributed by atoms with Crippen LogP contribution in [0.4, 0.5) is 0 Å². The third-order valence-electron chi connectivity index (χ3n) is 2.11. The minimum absolute atomic E-state index is 0.204. The van der Waals surface area contributed by atoms with Crippen LogP contribution in [-0.2, 0) is 23.1 Å². The summed E-state index contributed by atoms with van der Waals surface area (Å²) in [6.07, 6.45) is 3.83. The van der Waals surface area contributed by atoms with Crippen LogP contribution in [-0.4, -0.2) is 28.9 Å². The Morgan fingerprint density at radius 3 is 3.06 bits per heavy atom. The highest BCUT2D eigenvalue weighted by Crippen LogP contribution is 1.93. The Hall–Kier alpha value is -1.36. The van der Waals surface area contributed by atoms with Crippen molar-refractivity contribution in [2.24, 2.45) is 7.05 Å². The number of nitrogens with one attached hydrogen (secondary N) is 1. The standard InChI is InChI=1S/C11H19N3O2/c1-3-4-7-16-11(15)9-12-8-10-5-6-14(2)13-10/h5-6,12H,3-4,7-9H2,1-2H3. The van der Waals surface area contributed by atoms with Crippen molar-refractivity contribution >= 4 is 5.97 Å². The molecule has 16 heavy (non-hydrogen) atoms. The van der Waals surface area contributed by atoms with Crippen molar-refractivity contribution in [1.82, 2.24) is 15.1 Å². The van der Waals surface area contributed by atoms with Gasteiger partial charge < -0.3 is 10.1 Å². The zero-order valence-corrected chi connectivity index (χ0v) is 9.90. The Bertz CT molecular complexity index is 323. The first kappa shape index (κ1) is 12.7. The van der Waals surface area contributed by atoms with Crippen molar-refractivity contribution in [2.45, 2.75) is 26.3 Å². The molecule has 90 valence electrons. The smallest absolute Gasteiger partial charge is 0.319 e. The number of hydrogen-bond acceptors (Lipinski definition) is 4. The monoisotopic (exact) mass is 225 g/mol. The summed E-state index contributed by atoms with van der Waals surface area (Å²) in [5.74, 6) is -0.204. The van der Waals surface area contributed by atoms with Gasteiger partial charge in [0.15, 0.2) is 0 Å². The van der Waals surface area contributed by atoms with Crippen molar-refractivity contribution in [3.8, 4) is 0 Å². The lowest BCUT2D eigenvalue weighted by Gasteiger charge is -2.04. The van der Waals surface area contributed by atoms with Gasteiger partial charge in [-0.25, -0.2) is 0 Å². The number of nitrogens with zero attached hydrogens (tertiary/aromatic N) is 2. The highest BCUT2D eigenvalue weighted by atomic mass is 16.5. The second-order valence-electron chi connectivity index (χ2n) is 3.66. The summed E-state index contributed by atoms with van der Waals surface area (Å²) in [5.41, 5.74) is 0.920. The van der Waals surface area contributed by atoms with Gasteiger partial charge in [-0.15, -0.1) is 0 Å². The molecule has 0 atom stereocenters. The number of aromatic nitrogens is 2. The molecule has 0 saturated carbocycles. The molecule has 0 aliphatic carbocycles. The maximum absolute atomic E-state index is 11.2. The molecule has 0 spiro atoms. The molecule has 1 aromatic rings. The number of ether oxygens (including phenoxy) is 1. The number of hydrogen-bond donors (Lipinski definition) is 1. The number of carbonyl (C=O) groups is 1. The van der Waals surface area contributed by atoms with Crippen LogP contribution in [0.15, 0.2) is 12.3 Å². The molecule has 0 radical (unpaired) electrons. The molecular weight excluding hydrogens is 206 g/mol. The van der Waals surface area contributed by atoms with Gasteiger partial charge in [-0.2, -0.15) is 5.10 Å². The van der Waals surface area contributed by atoms with Crippen molar-refractivity contribution in [2.75, 3.05) is 13.2 Å². The Morgan fingerprint density at radius 2 is 2.44 bits per heavy atom. The van der Waals surface area contributed by atoms with E-state index < -0.39 is 0 Å². The normalized spacial score (nSPS) is 10.4. The van der Waals surface area contributed by atoms with Crippen LogP contribution in [0, 0.1) is 0 Å². The molecule has 5 heteroatoms. The zero-order valence-electron chi connectivity index (χ0n) is 9.90. The molecule has 0 saturated heterocycles. The lowest BCUT2D eigenvalue weighted by atomic mass is 10.4. The third-order valence-corrected chi connectivity index (χ3v) is 2.11. The number of esters is 1. The molecule has 1 rings (SSSR count). The molecule has 0 aromatic carbocycles. The zero-order chi connectivity index (χ0) is 11.8. The van der Waals surface area contributed by atoms with Gasteiger partial charge in [-0.05, 0) is 12.5 Å². The van der Waals surface area contributed by atoms with Gasteiger partial charge in [-0.1, -0.05) is 13.3 Å². The van der Waals surface area contributed by atoms with Gasteiger partial charge in [0.05, 0.1) is 18.8 Å². The topological polar surface area (TPSA) is 56.1 Å². The van der Waals surface area contributed by atoms with Gasteiger partial charge in [-0.3, -0.25) is 9.48 Å². The summed E-state index contributed by atoms with van der Waals surface area (Å²) in [7, 11) is 1.86.